The van der Waals surface area contributed by atoms with Crippen molar-refractivity contribution >= 4 is 11.8 Å². The third-order valence-electron chi connectivity index (χ3n) is 3.18. The largest absolute Gasteiger partial charge is 0.478 e. The molecule has 4 heteroatoms. The fraction of sp³-hybridized carbons (Fsp3) is 0.538. The number of aryl methyl sites for hydroxylation is 1. The lowest BCUT2D eigenvalue weighted by atomic mass is 10.1. The Labute approximate surface area is 102 Å². The van der Waals surface area contributed by atoms with E-state index in [1.165, 1.54) is 0 Å². The van der Waals surface area contributed by atoms with Crippen LogP contribution in [-0.2, 0) is 0 Å². The van der Waals surface area contributed by atoms with Crippen molar-refractivity contribution in [2.24, 2.45) is 0 Å². The summed E-state index contributed by atoms with van der Waals surface area (Å²) in [6.07, 6.45) is 3.61. The molecule has 4 nitrogen and oxygen atoms in total. The summed E-state index contributed by atoms with van der Waals surface area (Å²) < 4.78 is 0. The molecule has 94 valence electrons. The van der Waals surface area contributed by atoms with Gasteiger partial charge >= 0.3 is 5.97 Å². The molecule has 0 saturated carbocycles. The van der Waals surface area contributed by atoms with Crippen LogP contribution in [0, 0.1) is 6.92 Å². The van der Waals surface area contributed by atoms with Crippen molar-refractivity contribution in [3.8, 4) is 0 Å². The van der Waals surface area contributed by atoms with Gasteiger partial charge in [0.25, 0.3) is 0 Å². The first-order valence-electron chi connectivity index (χ1n) is 5.94. The number of rotatable bonds is 5. The Morgan fingerprint density at radius 1 is 1.47 bits per heavy atom. The number of anilines is 1. The summed E-state index contributed by atoms with van der Waals surface area (Å²) in [5, 5.41) is 9.26. The van der Waals surface area contributed by atoms with Gasteiger partial charge in [-0.25, -0.2) is 9.78 Å². The van der Waals surface area contributed by atoms with Crippen LogP contribution in [0.5, 0.6) is 0 Å². The number of carbonyl (C=O) groups is 1. The molecule has 0 fully saturated rings. The summed E-state index contributed by atoms with van der Waals surface area (Å²) in [5.74, 6) is -0.352. The van der Waals surface area contributed by atoms with E-state index in [1.54, 1.807) is 19.2 Å². The zero-order chi connectivity index (χ0) is 13.0. The molecule has 0 aliphatic heterocycles. The van der Waals surface area contributed by atoms with Crippen molar-refractivity contribution in [2.45, 2.75) is 39.7 Å². The molecule has 1 aromatic heterocycles. The monoisotopic (exact) mass is 236 g/mol. The van der Waals surface area contributed by atoms with Crippen molar-refractivity contribution in [1.29, 1.82) is 0 Å². The van der Waals surface area contributed by atoms with E-state index in [0.29, 0.717) is 17.4 Å². The maximum absolute atomic E-state index is 11.3. The van der Waals surface area contributed by atoms with E-state index < -0.39 is 5.97 Å². The molecule has 0 radical (unpaired) electrons. The molecule has 0 bridgehead atoms. The van der Waals surface area contributed by atoms with Gasteiger partial charge in [-0.15, -0.1) is 0 Å². The van der Waals surface area contributed by atoms with Crippen molar-refractivity contribution in [2.75, 3.05) is 11.9 Å². The van der Waals surface area contributed by atoms with Gasteiger partial charge in [0.1, 0.15) is 11.4 Å². The van der Waals surface area contributed by atoms with E-state index in [4.69, 9.17) is 0 Å². The normalized spacial score (nSPS) is 10.6. The zero-order valence-electron chi connectivity index (χ0n) is 10.9. The third kappa shape index (κ3) is 2.75. The van der Waals surface area contributed by atoms with Crippen molar-refractivity contribution in [1.82, 2.24) is 4.98 Å². The Bertz CT molecular complexity index is 400. The number of hydrogen-bond donors (Lipinski definition) is 1. The molecule has 0 saturated heterocycles. The van der Waals surface area contributed by atoms with E-state index in [9.17, 15) is 9.90 Å². The molecule has 0 aromatic carbocycles. The fourth-order valence-corrected chi connectivity index (χ4v) is 2.08. The molecule has 1 N–H and O–H groups in total. The van der Waals surface area contributed by atoms with Crippen LogP contribution in [0.3, 0.4) is 0 Å². The number of carboxylic acid groups (broad SMARTS) is 1. The summed E-state index contributed by atoms with van der Waals surface area (Å²) >= 11 is 0. The maximum Gasteiger partial charge on any atom is 0.339 e. The molecule has 0 aliphatic carbocycles. The van der Waals surface area contributed by atoms with Gasteiger partial charge in [-0.05, 0) is 31.4 Å². The molecule has 1 heterocycles. The molecule has 17 heavy (non-hydrogen) atoms. The van der Waals surface area contributed by atoms with Crippen LogP contribution in [0.15, 0.2) is 12.3 Å². The molecular weight excluding hydrogens is 216 g/mol. The number of hydrogen-bond acceptors (Lipinski definition) is 3. The SMILES string of the molecule is CCC(CC)N(C)c1nccc(C)c1C(=O)O. The Kier molecular flexibility index (Phi) is 4.49. The topological polar surface area (TPSA) is 53.4 Å². The summed E-state index contributed by atoms with van der Waals surface area (Å²) in [5.41, 5.74) is 1.06. The highest BCUT2D eigenvalue weighted by Crippen LogP contribution is 2.23. The van der Waals surface area contributed by atoms with Gasteiger partial charge in [-0.2, -0.15) is 0 Å². The zero-order valence-corrected chi connectivity index (χ0v) is 10.9. The van der Waals surface area contributed by atoms with Crippen LogP contribution in [0.1, 0.15) is 42.6 Å². The molecule has 1 aromatic rings. The summed E-state index contributed by atoms with van der Waals surface area (Å²) in [6.45, 7) is 6.00. The first kappa shape index (κ1) is 13.5. The number of pyridine rings is 1. The molecule has 0 spiro atoms. The van der Waals surface area contributed by atoms with Crippen LogP contribution in [0.25, 0.3) is 0 Å². The minimum Gasteiger partial charge on any atom is -0.478 e. The fourth-order valence-electron chi connectivity index (χ4n) is 2.08. The summed E-state index contributed by atoms with van der Waals surface area (Å²) in [6, 6.07) is 2.05. The van der Waals surface area contributed by atoms with Gasteiger partial charge in [0.15, 0.2) is 0 Å². The number of carboxylic acids is 1. The average Bonchev–Trinajstić information content (AvgIpc) is 2.29. The second-order valence-electron chi connectivity index (χ2n) is 4.21. The van der Waals surface area contributed by atoms with Crippen molar-refractivity contribution in [3.05, 3.63) is 23.4 Å². The highest BCUT2D eigenvalue weighted by atomic mass is 16.4. The molecule has 0 unspecified atom stereocenters. The lowest BCUT2D eigenvalue weighted by Gasteiger charge is -2.28. The van der Waals surface area contributed by atoms with E-state index in [-0.39, 0.29) is 0 Å². The van der Waals surface area contributed by atoms with Crippen LogP contribution in [0.2, 0.25) is 0 Å². The summed E-state index contributed by atoms with van der Waals surface area (Å²) in [4.78, 5) is 17.5. The van der Waals surface area contributed by atoms with Gasteiger partial charge in [-0.1, -0.05) is 13.8 Å². The predicted octanol–water partition coefficient (Wildman–Crippen LogP) is 2.71. The molecular formula is C13H20N2O2. The van der Waals surface area contributed by atoms with Crippen molar-refractivity contribution < 1.29 is 9.90 Å². The maximum atomic E-state index is 11.3. The first-order valence-corrected chi connectivity index (χ1v) is 5.94. The molecule has 0 amide bonds. The Hall–Kier alpha value is -1.58. The quantitative estimate of drug-likeness (QED) is 0.854. The molecule has 0 atom stereocenters. The Morgan fingerprint density at radius 3 is 2.53 bits per heavy atom. The van der Waals surface area contributed by atoms with Gasteiger partial charge in [0.2, 0.25) is 0 Å². The number of aromatic carboxylic acids is 1. The number of nitrogens with zero attached hydrogens (tertiary/aromatic N) is 2. The van der Waals surface area contributed by atoms with Gasteiger partial charge in [-0.3, -0.25) is 0 Å². The van der Waals surface area contributed by atoms with Crippen LogP contribution in [0.4, 0.5) is 5.82 Å². The van der Waals surface area contributed by atoms with Gasteiger partial charge < -0.3 is 10.0 Å². The van der Waals surface area contributed by atoms with E-state index >= 15 is 0 Å². The third-order valence-corrected chi connectivity index (χ3v) is 3.18. The van der Waals surface area contributed by atoms with Crippen LogP contribution < -0.4 is 4.90 Å². The number of aromatic nitrogens is 1. The lowest BCUT2D eigenvalue weighted by Crippen LogP contribution is -2.32. The second-order valence-corrected chi connectivity index (χ2v) is 4.21. The second kappa shape index (κ2) is 5.66. The average molecular weight is 236 g/mol. The highest BCUT2D eigenvalue weighted by Gasteiger charge is 2.21. The van der Waals surface area contributed by atoms with Gasteiger partial charge in [0, 0.05) is 19.3 Å². The predicted molar refractivity (Wildman–Crippen MR) is 68.7 cm³/mol. The molecule has 0 aliphatic rings. The first-order chi connectivity index (χ1) is 8.02. The highest BCUT2D eigenvalue weighted by molar-refractivity contribution is 5.94. The Morgan fingerprint density at radius 2 is 2.06 bits per heavy atom. The minimum atomic E-state index is -0.914. The standard InChI is InChI=1S/C13H20N2O2/c1-5-10(6-2)15(4)12-11(13(16)17)9(3)7-8-14-12/h7-8,10H,5-6H2,1-4H3,(H,16,17). The molecule has 1 rings (SSSR count). The lowest BCUT2D eigenvalue weighted by molar-refractivity contribution is 0.0696. The van der Waals surface area contributed by atoms with Crippen molar-refractivity contribution in [3.63, 3.8) is 0 Å². The van der Waals surface area contributed by atoms with Crippen LogP contribution in [-0.4, -0.2) is 29.1 Å². The van der Waals surface area contributed by atoms with E-state index in [1.807, 2.05) is 11.9 Å². The summed E-state index contributed by atoms with van der Waals surface area (Å²) in [7, 11) is 1.91. The van der Waals surface area contributed by atoms with Gasteiger partial charge in [0.05, 0.1) is 0 Å². The Balaban J connectivity index is 3.21. The minimum absolute atomic E-state index is 0.307. The van der Waals surface area contributed by atoms with Crippen LogP contribution >= 0.6 is 0 Å². The van der Waals surface area contributed by atoms with E-state index in [2.05, 4.69) is 18.8 Å². The van der Waals surface area contributed by atoms with E-state index in [0.717, 1.165) is 18.4 Å². The smallest absolute Gasteiger partial charge is 0.339 e.